The molecule has 0 saturated heterocycles. The van der Waals surface area contributed by atoms with E-state index < -0.39 is 5.60 Å². The summed E-state index contributed by atoms with van der Waals surface area (Å²) in [6, 6.07) is 13.6. The first-order valence-corrected chi connectivity index (χ1v) is 11.2. The first kappa shape index (κ1) is 22.1. The molecule has 0 unspecified atom stereocenters. The Labute approximate surface area is 205 Å². The predicted molar refractivity (Wildman–Crippen MR) is 135 cm³/mol. The number of ether oxygens (including phenoxy) is 1. The number of nitrogens with one attached hydrogen (secondary N) is 3. The van der Waals surface area contributed by atoms with Crippen LogP contribution < -0.4 is 15.4 Å². The summed E-state index contributed by atoms with van der Waals surface area (Å²) in [5.74, 6) is 0.654. The monoisotopic (exact) mass is 491 g/mol. The zero-order chi connectivity index (χ0) is 24.0. The van der Waals surface area contributed by atoms with Crippen molar-refractivity contribution in [3.05, 3.63) is 81.1 Å². The Balaban J connectivity index is 1.55. The highest BCUT2D eigenvalue weighted by atomic mass is 35.5. The molecule has 1 aliphatic heterocycles. The number of carbonyl (C=O) groups is 1. The first-order chi connectivity index (χ1) is 16.2. The van der Waals surface area contributed by atoms with Crippen molar-refractivity contribution < 1.29 is 9.53 Å². The molecule has 2 heterocycles. The largest absolute Gasteiger partial charge is 0.486 e. The van der Waals surface area contributed by atoms with E-state index in [0.717, 1.165) is 11.1 Å². The fourth-order valence-corrected chi connectivity index (χ4v) is 4.50. The highest BCUT2D eigenvalue weighted by Gasteiger charge is 2.36. The maximum absolute atomic E-state index is 13.2. The Morgan fingerprint density at radius 2 is 1.88 bits per heavy atom. The molecule has 34 heavy (non-hydrogen) atoms. The molecule has 5 rings (SSSR count). The van der Waals surface area contributed by atoms with Crippen molar-refractivity contribution in [2.45, 2.75) is 25.9 Å². The number of hydrogen-bond donors (Lipinski definition) is 3. The number of fused-ring (bicyclic) bond motifs is 3. The van der Waals surface area contributed by atoms with E-state index >= 15 is 0 Å². The quantitative estimate of drug-likeness (QED) is 0.265. The molecule has 1 aromatic heterocycles. The fraction of sp³-hybridized carbons (Fsp3) is 0.160. The lowest BCUT2D eigenvalue weighted by Crippen LogP contribution is -2.25. The number of aromatic nitrogens is 2. The molecule has 9 heteroatoms. The van der Waals surface area contributed by atoms with Crippen LogP contribution in [0.1, 0.15) is 29.8 Å². The standard InChI is InChI=1S/C25H19Cl2N5O2/c1-25(2)12-16-20-19(30-24(31-20)32-21-17(26)5-4-6-18(21)27)11-15(22(16)34-25)23(33)29-14-9-7-13(28-3)8-10-14/h4-11H,12H2,1-2H3,(H,29,33)(H2,30,31,32). The van der Waals surface area contributed by atoms with Crippen LogP contribution in [0.3, 0.4) is 0 Å². The van der Waals surface area contributed by atoms with E-state index in [9.17, 15) is 4.79 Å². The minimum absolute atomic E-state index is 0.321. The summed E-state index contributed by atoms with van der Waals surface area (Å²) in [5.41, 5.74) is 3.80. The zero-order valence-electron chi connectivity index (χ0n) is 18.3. The van der Waals surface area contributed by atoms with Crippen LogP contribution in [0.5, 0.6) is 5.75 Å². The molecule has 4 aromatic rings. The zero-order valence-corrected chi connectivity index (χ0v) is 19.8. The Morgan fingerprint density at radius 1 is 1.18 bits per heavy atom. The van der Waals surface area contributed by atoms with E-state index in [0.29, 0.717) is 56.3 Å². The molecule has 1 amide bonds. The van der Waals surface area contributed by atoms with Crippen molar-refractivity contribution in [3.8, 4) is 5.75 Å². The molecule has 0 radical (unpaired) electrons. The maximum Gasteiger partial charge on any atom is 0.259 e. The number of H-pyrrole nitrogens is 1. The molecule has 0 bridgehead atoms. The van der Waals surface area contributed by atoms with Gasteiger partial charge < -0.3 is 20.4 Å². The Morgan fingerprint density at radius 3 is 2.56 bits per heavy atom. The van der Waals surface area contributed by atoms with Gasteiger partial charge in [0.15, 0.2) is 5.69 Å². The van der Waals surface area contributed by atoms with Crippen molar-refractivity contribution in [2.24, 2.45) is 0 Å². The smallest absolute Gasteiger partial charge is 0.259 e. The summed E-state index contributed by atoms with van der Waals surface area (Å²) in [6.45, 7) is 11.0. The molecule has 0 spiro atoms. The maximum atomic E-state index is 13.2. The van der Waals surface area contributed by atoms with Crippen molar-refractivity contribution in [2.75, 3.05) is 10.6 Å². The second kappa shape index (κ2) is 8.24. The second-order valence-electron chi connectivity index (χ2n) is 8.58. The average molecular weight is 492 g/mol. The molecule has 7 nitrogen and oxygen atoms in total. The van der Waals surface area contributed by atoms with Gasteiger partial charge in [-0.2, -0.15) is 0 Å². The second-order valence-corrected chi connectivity index (χ2v) is 9.40. The van der Waals surface area contributed by atoms with Gasteiger partial charge in [0.25, 0.3) is 5.91 Å². The molecule has 3 N–H and O–H groups in total. The number of benzene rings is 3. The third-order valence-electron chi connectivity index (χ3n) is 5.52. The fourth-order valence-electron chi connectivity index (χ4n) is 4.00. The molecule has 1 aliphatic rings. The van der Waals surface area contributed by atoms with Gasteiger partial charge in [-0.25, -0.2) is 9.83 Å². The van der Waals surface area contributed by atoms with Gasteiger partial charge in [-0.15, -0.1) is 0 Å². The van der Waals surface area contributed by atoms with Gasteiger partial charge in [0.05, 0.1) is 38.9 Å². The molecule has 0 atom stereocenters. The topological polar surface area (TPSA) is 83.4 Å². The van der Waals surface area contributed by atoms with Crippen LogP contribution >= 0.6 is 23.2 Å². The van der Waals surface area contributed by atoms with Crippen LogP contribution in [0, 0.1) is 6.57 Å². The number of para-hydroxylation sites is 1. The van der Waals surface area contributed by atoms with Crippen LogP contribution in [0.2, 0.25) is 10.0 Å². The van der Waals surface area contributed by atoms with Crippen LogP contribution in [0.15, 0.2) is 48.5 Å². The van der Waals surface area contributed by atoms with Gasteiger partial charge in [-0.05, 0) is 44.2 Å². The summed E-state index contributed by atoms with van der Waals surface area (Å²) >= 11 is 12.6. The molecule has 170 valence electrons. The van der Waals surface area contributed by atoms with E-state index in [1.54, 1.807) is 48.5 Å². The lowest BCUT2D eigenvalue weighted by atomic mass is 9.98. The van der Waals surface area contributed by atoms with Crippen LogP contribution in [-0.4, -0.2) is 21.5 Å². The van der Waals surface area contributed by atoms with Gasteiger partial charge >= 0.3 is 0 Å². The van der Waals surface area contributed by atoms with Gasteiger partial charge in [0, 0.05) is 17.7 Å². The highest BCUT2D eigenvalue weighted by Crippen LogP contribution is 2.43. The van der Waals surface area contributed by atoms with E-state index in [4.69, 9.17) is 34.5 Å². The van der Waals surface area contributed by atoms with E-state index in [2.05, 4.69) is 25.4 Å². The first-order valence-electron chi connectivity index (χ1n) is 10.5. The SMILES string of the molecule is [C-]#[N+]c1ccc(NC(=O)c2cc3nc(Nc4c(Cl)cccc4Cl)[nH]c3c3c2OC(C)(C)C3)cc1. The predicted octanol–water partition coefficient (Wildman–Crippen LogP) is 7.13. The van der Waals surface area contributed by atoms with Crippen LogP contribution in [-0.2, 0) is 6.42 Å². The Hall–Kier alpha value is -3.73. The summed E-state index contributed by atoms with van der Waals surface area (Å²) < 4.78 is 6.18. The third-order valence-corrected chi connectivity index (χ3v) is 6.15. The molecule has 0 saturated carbocycles. The van der Waals surface area contributed by atoms with Crippen LogP contribution in [0.4, 0.5) is 23.0 Å². The van der Waals surface area contributed by atoms with Crippen molar-refractivity contribution in [1.82, 2.24) is 9.97 Å². The summed E-state index contributed by atoms with van der Waals surface area (Å²) in [7, 11) is 0. The van der Waals surface area contributed by atoms with E-state index in [-0.39, 0.29) is 5.91 Å². The molecule has 0 fully saturated rings. The van der Waals surface area contributed by atoms with Gasteiger partial charge in [0.2, 0.25) is 5.95 Å². The highest BCUT2D eigenvalue weighted by molar-refractivity contribution is 6.39. The average Bonchev–Trinajstić information content (AvgIpc) is 3.35. The van der Waals surface area contributed by atoms with Gasteiger partial charge in [0.1, 0.15) is 11.4 Å². The summed E-state index contributed by atoms with van der Waals surface area (Å²) in [6.07, 6.45) is 0.605. The number of hydrogen-bond acceptors (Lipinski definition) is 4. The minimum Gasteiger partial charge on any atom is -0.486 e. The number of amides is 1. The minimum atomic E-state index is -0.478. The molecular weight excluding hydrogens is 473 g/mol. The number of rotatable bonds is 4. The van der Waals surface area contributed by atoms with Crippen LogP contribution in [0.25, 0.3) is 15.9 Å². The van der Waals surface area contributed by atoms with E-state index in [1.807, 2.05) is 13.8 Å². The van der Waals surface area contributed by atoms with Crippen molar-refractivity contribution in [1.29, 1.82) is 0 Å². The number of nitrogens with zero attached hydrogens (tertiary/aromatic N) is 2. The number of carbonyl (C=O) groups excluding carboxylic acids is 1. The number of halogens is 2. The molecule has 0 aliphatic carbocycles. The molecular formula is C25H19Cl2N5O2. The van der Waals surface area contributed by atoms with Crippen molar-refractivity contribution in [3.63, 3.8) is 0 Å². The lowest BCUT2D eigenvalue weighted by Gasteiger charge is -2.18. The lowest BCUT2D eigenvalue weighted by molar-refractivity contribution is 0.101. The summed E-state index contributed by atoms with van der Waals surface area (Å²) in [5, 5.41) is 6.96. The Bertz CT molecular complexity index is 1470. The van der Waals surface area contributed by atoms with Crippen molar-refractivity contribution >= 4 is 63.2 Å². The van der Waals surface area contributed by atoms with Gasteiger partial charge in [-0.3, -0.25) is 4.79 Å². The van der Waals surface area contributed by atoms with E-state index in [1.165, 1.54) is 0 Å². The number of anilines is 3. The summed E-state index contributed by atoms with van der Waals surface area (Å²) in [4.78, 5) is 24.5. The molecule has 3 aromatic carbocycles. The Kier molecular flexibility index (Phi) is 5.35. The normalized spacial score (nSPS) is 13.7. The number of imidazole rings is 1. The number of aromatic amines is 1. The third kappa shape index (κ3) is 4.03. The van der Waals surface area contributed by atoms with Gasteiger partial charge in [-0.1, -0.05) is 41.4 Å².